The smallest absolute Gasteiger partial charge is 0.346 e. The SMILES string of the molecule is CCOC(=O)c1c(SCC(=O)NC[C@@H]2CCCO2)nc(=O)[nH]c1C. The number of nitrogens with one attached hydrogen (secondary N) is 2. The third-order valence-electron chi connectivity index (χ3n) is 3.46. The van der Waals surface area contributed by atoms with E-state index in [2.05, 4.69) is 15.3 Å². The first-order valence-electron chi connectivity index (χ1n) is 7.80. The zero-order valence-electron chi connectivity index (χ0n) is 13.7. The first-order valence-corrected chi connectivity index (χ1v) is 8.79. The number of aromatic nitrogens is 2. The lowest BCUT2D eigenvalue weighted by Crippen LogP contribution is -2.33. The Morgan fingerprint density at radius 1 is 1.50 bits per heavy atom. The molecule has 0 bridgehead atoms. The predicted octanol–water partition coefficient (Wildman–Crippen LogP) is 0.642. The number of rotatable bonds is 7. The summed E-state index contributed by atoms with van der Waals surface area (Å²) >= 11 is 1.04. The van der Waals surface area contributed by atoms with Crippen LogP contribution in [-0.4, -0.2) is 53.5 Å². The zero-order chi connectivity index (χ0) is 17.5. The second-order valence-electron chi connectivity index (χ2n) is 5.30. The molecule has 0 aliphatic carbocycles. The van der Waals surface area contributed by atoms with E-state index in [1.807, 2.05) is 0 Å². The van der Waals surface area contributed by atoms with Gasteiger partial charge in [0.2, 0.25) is 5.91 Å². The van der Waals surface area contributed by atoms with Crippen LogP contribution in [0.5, 0.6) is 0 Å². The Bertz CT molecular complexity index is 655. The summed E-state index contributed by atoms with van der Waals surface area (Å²) in [6, 6.07) is 0. The van der Waals surface area contributed by atoms with E-state index < -0.39 is 11.7 Å². The highest BCUT2D eigenvalue weighted by Crippen LogP contribution is 2.21. The number of aromatic amines is 1. The van der Waals surface area contributed by atoms with E-state index in [1.165, 1.54) is 0 Å². The molecule has 2 N–H and O–H groups in total. The third-order valence-corrected chi connectivity index (χ3v) is 4.43. The number of hydrogen-bond acceptors (Lipinski definition) is 7. The Morgan fingerprint density at radius 3 is 2.96 bits per heavy atom. The Labute approximate surface area is 143 Å². The molecule has 0 spiro atoms. The van der Waals surface area contributed by atoms with Gasteiger partial charge in [-0.3, -0.25) is 4.79 Å². The molecule has 1 aromatic rings. The standard InChI is InChI=1S/C15H21N3O5S/c1-3-22-14(20)12-9(2)17-15(21)18-13(12)24-8-11(19)16-7-10-5-4-6-23-10/h10H,3-8H2,1-2H3,(H,16,19)(H,17,18,21)/t10-/m0/s1. The summed E-state index contributed by atoms with van der Waals surface area (Å²) in [4.78, 5) is 41.8. The second-order valence-corrected chi connectivity index (χ2v) is 6.26. The topological polar surface area (TPSA) is 110 Å². The summed E-state index contributed by atoms with van der Waals surface area (Å²) in [5, 5.41) is 2.98. The molecule has 2 rings (SSSR count). The summed E-state index contributed by atoms with van der Waals surface area (Å²) in [5.41, 5.74) is -0.00750. The lowest BCUT2D eigenvalue weighted by Gasteiger charge is -2.12. The Kier molecular flexibility index (Phi) is 6.80. The molecule has 1 saturated heterocycles. The predicted molar refractivity (Wildman–Crippen MR) is 88.3 cm³/mol. The van der Waals surface area contributed by atoms with Crippen LogP contribution < -0.4 is 11.0 Å². The van der Waals surface area contributed by atoms with Crippen molar-refractivity contribution in [1.29, 1.82) is 0 Å². The molecule has 1 fully saturated rings. The number of hydrogen-bond donors (Lipinski definition) is 2. The minimum atomic E-state index is -0.569. The molecule has 9 heteroatoms. The molecule has 1 amide bonds. The van der Waals surface area contributed by atoms with Crippen molar-refractivity contribution < 1.29 is 19.1 Å². The van der Waals surface area contributed by atoms with Crippen molar-refractivity contribution in [3.63, 3.8) is 0 Å². The van der Waals surface area contributed by atoms with Crippen LogP contribution in [-0.2, 0) is 14.3 Å². The monoisotopic (exact) mass is 355 g/mol. The van der Waals surface area contributed by atoms with Gasteiger partial charge in [-0.25, -0.2) is 9.59 Å². The molecule has 2 heterocycles. The van der Waals surface area contributed by atoms with E-state index in [9.17, 15) is 14.4 Å². The maximum Gasteiger partial charge on any atom is 0.346 e. The fraction of sp³-hybridized carbons (Fsp3) is 0.600. The Hall–Kier alpha value is -1.87. The first-order chi connectivity index (χ1) is 11.5. The van der Waals surface area contributed by atoms with Crippen LogP contribution in [0.1, 0.15) is 35.8 Å². The van der Waals surface area contributed by atoms with E-state index in [-0.39, 0.29) is 35.0 Å². The Morgan fingerprint density at radius 2 is 2.29 bits per heavy atom. The molecular weight excluding hydrogens is 334 g/mol. The van der Waals surface area contributed by atoms with Crippen molar-refractivity contribution >= 4 is 23.6 Å². The molecule has 24 heavy (non-hydrogen) atoms. The molecule has 0 saturated carbocycles. The van der Waals surface area contributed by atoms with Gasteiger partial charge >= 0.3 is 11.7 Å². The Balaban J connectivity index is 1.98. The van der Waals surface area contributed by atoms with Gasteiger partial charge in [0.05, 0.1) is 18.5 Å². The van der Waals surface area contributed by atoms with Gasteiger partial charge in [-0.1, -0.05) is 11.8 Å². The van der Waals surface area contributed by atoms with Gasteiger partial charge in [0.15, 0.2) is 0 Å². The van der Waals surface area contributed by atoms with Crippen LogP contribution in [0.2, 0.25) is 0 Å². The van der Waals surface area contributed by atoms with E-state index in [1.54, 1.807) is 13.8 Å². The van der Waals surface area contributed by atoms with Crippen LogP contribution in [0, 0.1) is 6.92 Å². The third kappa shape index (κ3) is 5.07. The van der Waals surface area contributed by atoms with Gasteiger partial charge in [0.25, 0.3) is 0 Å². The van der Waals surface area contributed by atoms with Gasteiger partial charge < -0.3 is 19.8 Å². The lowest BCUT2D eigenvalue weighted by atomic mass is 10.2. The highest BCUT2D eigenvalue weighted by molar-refractivity contribution is 8.00. The van der Waals surface area contributed by atoms with Crippen LogP contribution in [0.15, 0.2) is 9.82 Å². The van der Waals surface area contributed by atoms with Gasteiger partial charge in [0.1, 0.15) is 10.6 Å². The summed E-state index contributed by atoms with van der Waals surface area (Å²) in [7, 11) is 0. The average molecular weight is 355 g/mol. The van der Waals surface area contributed by atoms with Crippen LogP contribution >= 0.6 is 11.8 Å². The molecule has 0 unspecified atom stereocenters. The van der Waals surface area contributed by atoms with E-state index in [4.69, 9.17) is 9.47 Å². The van der Waals surface area contributed by atoms with Crippen molar-refractivity contribution in [1.82, 2.24) is 15.3 Å². The number of thioether (sulfide) groups is 1. The number of amides is 1. The van der Waals surface area contributed by atoms with Gasteiger partial charge in [-0.05, 0) is 26.7 Å². The average Bonchev–Trinajstić information content (AvgIpc) is 3.03. The molecule has 0 radical (unpaired) electrons. The van der Waals surface area contributed by atoms with Crippen LogP contribution in [0.3, 0.4) is 0 Å². The number of aryl methyl sites for hydroxylation is 1. The van der Waals surface area contributed by atoms with Crippen LogP contribution in [0.25, 0.3) is 0 Å². The van der Waals surface area contributed by atoms with Crippen molar-refractivity contribution in [2.75, 3.05) is 25.5 Å². The molecule has 1 aliphatic heterocycles. The van der Waals surface area contributed by atoms with E-state index in [0.29, 0.717) is 12.2 Å². The normalized spacial score (nSPS) is 16.8. The number of ether oxygens (including phenoxy) is 2. The van der Waals surface area contributed by atoms with Crippen LogP contribution in [0.4, 0.5) is 0 Å². The van der Waals surface area contributed by atoms with E-state index >= 15 is 0 Å². The summed E-state index contributed by atoms with van der Waals surface area (Å²) in [6.45, 7) is 4.69. The van der Waals surface area contributed by atoms with Crippen molar-refractivity contribution in [2.24, 2.45) is 0 Å². The first kappa shape index (κ1) is 18.5. The van der Waals surface area contributed by atoms with Crippen molar-refractivity contribution in [2.45, 2.75) is 37.8 Å². The molecular formula is C15H21N3O5S. The van der Waals surface area contributed by atoms with Gasteiger partial charge in [0, 0.05) is 18.8 Å². The maximum atomic E-state index is 12.0. The lowest BCUT2D eigenvalue weighted by molar-refractivity contribution is -0.119. The van der Waals surface area contributed by atoms with Crippen molar-refractivity contribution in [3.8, 4) is 0 Å². The minimum absolute atomic E-state index is 0.0506. The van der Waals surface area contributed by atoms with E-state index in [0.717, 1.165) is 31.2 Å². The quantitative estimate of drug-likeness (QED) is 0.419. The number of nitrogens with zero attached hydrogens (tertiary/aromatic N) is 1. The molecule has 1 aliphatic rings. The fourth-order valence-corrected chi connectivity index (χ4v) is 3.22. The largest absolute Gasteiger partial charge is 0.462 e. The molecule has 8 nitrogen and oxygen atoms in total. The molecule has 1 aromatic heterocycles. The summed E-state index contributed by atoms with van der Waals surface area (Å²) in [5.74, 6) is -0.722. The number of esters is 1. The number of carbonyl (C=O) groups excluding carboxylic acids is 2. The summed E-state index contributed by atoms with van der Waals surface area (Å²) < 4.78 is 10.4. The highest BCUT2D eigenvalue weighted by Gasteiger charge is 2.20. The highest BCUT2D eigenvalue weighted by atomic mass is 32.2. The fourth-order valence-electron chi connectivity index (χ4n) is 2.33. The number of H-pyrrole nitrogens is 1. The second kappa shape index (κ2) is 8.84. The van der Waals surface area contributed by atoms with Gasteiger partial charge in [-0.2, -0.15) is 4.98 Å². The maximum absolute atomic E-state index is 12.0. The molecule has 132 valence electrons. The molecule has 1 atom stereocenters. The summed E-state index contributed by atoms with van der Waals surface area (Å²) in [6.07, 6.45) is 2.01. The minimum Gasteiger partial charge on any atom is -0.462 e. The van der Waals surface area contributed by atoms with Crippen molar-refractivity contribution in [3.05, 3.63) is 21.7 Å². The van der Waals surface area contributed by atoms with Gasteiger partial charge in [-0.15, -0.1) is 0 Å². The zero-order valence-corrected chi connectivity index (χ0v) is 14.5. The number of carbonyl (C=O) groups is 2. The molecule has 0 aromatic carbocycles.